The molecule has 8 aromatic carbocycles. The summed E-state index contributed by atoms with van der Waals surface area (Å²) in [4.78, 5) is 0. The Hall–Kier alpha value is -4.14. The quantitative estimate of drug-likeness (QED) is 0.185. The van der Waals surface area contributed by atoms with E-state index in [-0.39, 0.29) is 32.8 Å². The summed E-state index contributed by atoms with van der Waals surface area (Å²) >= 11 is 0. The summed E-state index contributed by atoms with van der Waals surface area (Å²) in [6, 6.07) is 52.5. The van der Waals surface area contributed by atoms with Gasteiger partial charge in [-0.2, -0.15) is 18.7 Å². The van der Waals surface area contributed by atoms with E-state index in [1.807, 2.05) is 0 Å². The molecular formula is C42H35O2Zr. The maximum absolute atomic E-state index is 7.57. The van der Waals surface area contributed by atoms with Crippen LogP contribution < -0.4 is 0 Å². The third-order valence-corrected chi connectivity index (χ3v) is 8.03. The smallest absolute Gasteiger partial charge is 0.564 e. The zero-order valence-electron chi connectivity index (χ0n) is 25.5. The van der Waals surface area contributed by atoms with Crippen LogP contribution in [0.5, 0.6) is 0 Å². The second-order valence-electron chi connectivity index (χ2n) is 11.1. The topological polar surface area (TPSA) is 40.5 Å². The van der Waals surface area contributed by atoms with Crippen molar-refractivity contribution in [3.63, 3.8) is 0 Å². The minimum atomic E-state index is -0.250. The number of aryl methyl sites for hydroxylation is 2. The Labute approximate surface area is 284 Å². The van der Waals surface area contributed by atoms with Gasteiger partial charge in [-0.15, -0.1) is 69.1 Å². The monoisotopic (exact) mass is 661 g/mol. The van der Waals surface area contributed by atoms with Crippen molar-refractivity contribution in [2.24, 2.45) is 0 Å². The SMILES string of the molecule is Cc1cc2c(-c3cccc4ccccc34)cccc2[cH-]1.Cc1cc2c(-c3cccc4ccccc34)cccc2[cH-]1.O[CH-]CO.[Zr+3]. The van der Waals surface area contributed by atoms with Gasteiger partial charge in [0.05, 0.1) is 0 Å². The number of rotatable bonds is 3. The summed E-state index contributed by atoms with van der Waals surface area (Å²) in [6.45, 7) is 4.75. The molecule has 0 saturated heterocycles. The third-order valence-electron chi connectivity index (χ3n) is 8.03. The molecule has 0 aromatic heterocycles. The van der Waals surface area contributed by atoms with Crippen molar-refractivity contribution >= 4 is 43.1 Å². The van der Waals surface area contributed by atoms with Crippen molar-refractivity contribution in [2.45, 2.75) is 13.8 Å². The minimum absolute atomic E-state index is 0. The van der Waals surface area contributed by atoms with Crippen LogP contribution in [-0.4, -0.2) is 16.8 Å². The molecule has 0 amide bonds. The van der Waals surface area contributed by atoms with Gasteiger partial charge in [0.25, 0.3) is 0 Å². The number of aliphatic hydroxyl groups excluding tert-OH is 2. The number of fused-ring (bicyclic) bond motifs is 4. The van der Waals surface area contributed by atoms with E-state index >= 15 is 0 Å². The summed E-state index contributed by atoms with van der Waals surface area (Å²) in [7, 11) is 0. The molecule has 0 bridgehead atoms. The maximum atomic E-state index is 7.57. The van der Waals surface area contributed by atoms with Crippen LogP contribution >= 0.6 is 0 Å². The third kappa shape index (κ3) is 6.92. The van der Waals surface area contributed by atoms with Crippen molar-refractivity contribution in [1.82, 2.24) is 0 Å². The molecule has 1 radical (unpaired) electrons. The Morgan fingerprint density at radius 2 is 0.822 bits per heavy atom. The van der Waals surface area contributed by atoms with Crippen molar-refractivity contribution < 1.29 is 36.4 Å². The first-order valence-corrected chi connectivity index (χ1v) is 14.9. The van der Waals surface area contributed by atoms with E-state index in [1.165, 1.54) is 76.5 Å². The Bertz CT molecular complexity index is 2020. The molecule has 0 aliphatic carbocycles. The Morgan fingerprint density at radius 1 is 0.489 bits per heavy atom. The normalized spacial score (nSPS) is 10.7. The van der Waals surface area contributed by atoms with E-state index in [0.717, 1.165) is 0 Å². The average molecular weight is 663 g/mol. The van der Waals surface area contributed by atoms with Crippen LogP contribution in [0.1, 0.15) is 11.1 Å². The molecule has 45 heavy (non-hydrogen) atoms. The van der Waals surface area contributed by atoms with Crippen LogP contribution in [0.2, 0.25) is 0 Å². The van der Waals surface area contributed by atoms with E-state index in [1.54, 1.807) is 0 Å². The van der Waals surface area contributed by atoms with Gasteiger partial charge in [-0.25, -0.2) is 0 Å². The Morgan fingerprint density at radius 3 is 1.22 bits per heavy atom. The molecule has 3 heteroatoms. The fourth-order valence-corrected chi connectivity index (χ4v) is 6.16. The van der Waals surface area contributed by atoms with E-state index in [0.29, 0.717) is 6.61 Å². The molecule has 2 N–H and O–H groups in total. The molecule has 0 aliphatic rings. The van der Waals surface area contributed by atoms with Crippen molar-refractivity contribution in [3.8, 4) is 22.3 Å². The Balaban J connectivity index is 0.000000156. The van der Waals surface area contributed by atoms with Gasteiger partial charge in [-0.3, -0.25) is 0 Å². The van der Waals surface area contributed by atoms with Crippen LogP contribution in [0.3, 0.4) is 0 Å². The first kappa shape index (κ1) is 32.3. The Kier molecular flexibility index (Phi) is 10.6. The summed E-state index contributed by atoms with van der Waals surface area (Å²) < 4.78 is 0. The molecule has 0 atom stereocenters. The summed E-state index contributed by atoms with van der Waals surface area (Å²) in [5, 5.41) is 25.7. The number of hydrogen-bond acceptors (Lipinski definition) is 2. The maximum Gasteiger partial charge on any atom is 3.00 e. The van der Waals surface area contributed by atoms with Gasteiger partial charge in [0.1, 0.15) is 0 Å². The van der Waals surface area contributed by atoms with Crippen molar-refractivity contribution in [1.29, 1.82) is 0 Å². The van der Waals surface area contributed by atoms with Gasteiger partial charge in [-0.05, 0) is 32.7 Å². The number of aliphatic hydroxyl groups is 2. The summed E-state index contributed by atoms with van der Waals surface area (Å²) in [5.74, 6) is 0. The zero-order chi connectivity index (χ0) is 30.5. The number of benzene rings is 6. The molecule has 0 spiro atoms. The van der Waals surface area contributed by atoms with E-state index < -0.39 is 0 Å². The standard InChI is InChI=1S/2C20H15.C2H5O2.Zr/c2*1-14-12-16-8-5-11-19(20(16)13-14)18-10-4-7-15-6-2-3-9-17(15)18;3-1-2-4;/h2*2-13H,1H3;1,3-4H,2H2;/q3*-1;+3. The predicted octanol–water partition coefficient (Wildman–Crippen LogP) is 10.9. The van der Waals surface area contributed by atoms with Crippen molar-refractivity contribution in [2.75, 3.05) is 6.61 Å². The van der Waals surface area contributed by atoms with Crippen LogP contribution in [0.4, 0.5) is 0 Å². The van der Waals surface area contributed by atoms with Gasteiger partial charge >= 0.3 is 26.2 Å². The largest absolute Gasteiger partial charge is 3.00 e. The number of hydrogen-bond donors (Lipinski definition) is 2. The molecular weight excluding hydrogens is 628 g/mol. The molecule has 0 saturated carbocycles. The predicted molar refractivity (Wildman–Crippen MR) is 188 cm³/mol. The summed E-state index contributed by atoms with van der Waals surface area (Å²) in [6.07, 6.45) is 0. The fourth-order valence-electron chi connectivity index (χ4n) is 6.16. The van der Waals surface area contributed by atoms with Gasteiger partial charge in [-0.1, -0.05) is 129 Å². The van der Waals surface area contributed by atoms with E-state index in [4.69, 9.17) is 10.2 Å². The van der Waals surface area contributed by atoms with Crippen LogP contribution in [0.25, 0.3) is 65.3 Å². The fraction of sp³-hybridized carbons (Fsp3) is 0.0714. The molecule has 0 fully saturated rings. The second kappa shape index (κ2) is 14.8. The van der Waals surface area contributed by atoms with Crippen LogP contribution in [-0.2, 0) is 26.2 Å². The van der Waals surface area contributed by atoms with E-state index in [9.17, 15) is 0 Å². The van der Waals surface area contributed by atoms with E-state index in [2.05, 4.69) is 159 Å². The second-order valence-corrected chi connectivity index (χ2v) is 11.1. The molecule has 219 valence electrons. The van der Waals surface area contributed by atoms with Gasteiger partial charge in [0.15, 0.2) is 0 Å². The summed E-state index contributed by atoms with van der Waals surface area (Å²) in [5.41, 5.74) is 7.94. The van der Waals surface area contributed by atoms with Gasteiger partial charge in [0.2, 0.25) is 0 Å². The molecule has 2 nitrogen and oxygen atoms in total. The molecule has 0 unspecified atom stereocenters. The average Bonchev–Trinajstić information content (AvgIpc) is 3.65. The van der Waals surface area contributed by atoms with Gasteiger partial charge < -0.3 is 10.2 Å². The molecule has 0 heterocycles. The first-order chi connectivity index (χ1) is 21.6. The van der Waals surface area contributed by atoms with Crippen LogP contribution in [0.15, 0.2) is 146 Å². The molecule has 8 aromatic rings. The zero-order valence-corrected chi connectivity index (χ0v) is 28.0. The molecule has 8 rings (SSSR count). The van der Waals surface area contributed by atoms with Crippen LogP contribution in [0, 0.1) is 20.5 Å². The van der Waals surface area contributed by atoms with Crippen molar-refractivity contribution in [3.05, 3.63) is 163 Å². The minimum Gasteiger partial charge on any atom is -0.564 e. The van der Waals surface area contributed by atoms with Gasteiger partial charge in [0, 0.05) is 0 Å². The first-order valence-electron chi connectivity index (χ1n) is 14.9. The molecule has 0 aliphatic heterocycles.